The average Bonchev–Trinajstić information content (AvgIpc) is 2.44. The van der Waals surface area contributed by atoms with Crippen molar-refractivity contribution in [1.82, 2.24) is 0 Å². The lowest BCUT2D eigenvalue weighted by molar-refractivity contribution is -0.137. The fourth-order valence-electron chi connectivity index (χ4n) is 0.993. The normalized spacial score (nSPS) is 9.32. The molecule has 1 aromatic rings. The highest BCUT2D eigenvalue weighted by Crippen LogP contribution is 1.99. The summed E-state index contributed by atoms with van der Waals surface area (Å²) in [6, 6.07) is 9.31. The number of benzene rings is 1. The first-order valence-electron chi connectivity index (χ1n) is 5.85. The molecule has 0 amide bonds. The molecule has 102 valence electrons. The SMILES string of the molecule is C=CC(=O)OCCC.O=C(O)C=Cc1ccccc1. The van der Waals surface area contributed by atoms with Crippen molar-refractivity contribution < 1.29 is 19.4 Å². The zero-order valence-corrected chi connectivity index (χ0v) is 10.9. The number of carbonyl (C=O) groups excluding carboxylic acids is 1. The number of carboxylic acid groups (broad SMARTS) is 1. The highest BCUT2D eigenvalue weighted by molar-refractivity contribution is 5.85. The first kappa shape index (κ1) is 16.6. The van der Waals surface area contributed by atoms with Crippen LogP contribution in [-0.4, -0.2) is 23.7 Å². The lowest BCUT2D eigenvalue weighted by atomic mass is 10.2. The third kappa shape index (κ3) is 10.5. The maximum Gasteiger partial charge on any atom is 0.330 e. The Bertz CT molecular complexity index is 421. The van der Waals surface area contributed by atoms with Gasteiger partial charge in [0.1, 0.15) is 0 Å². The molecular weight excluding hydrogens is 244 g/mol. The number of hydrogen-bond donors (Lipinski definition) is 1. The molecule has 1 N–H and O–H groups in total. The molecule has 0 aliphatic heterocycles. The molecule has 0 unspecified atom stereocenters. The maximum absolute atomic E-state index is 10.2. The van der Waals surface area contributed by atoms with Gasteiger partial charge in [-0.15, -0.1) is 0 Å². The number of hydrogen-bond acceptors (Lipinski definition) is 3. The van der Waals surface area contributed by atoms with Gasteiger partial charge in [0.15, 0.2) is 0 Å². The second-order valence-electron chi connectivity index (χ2n) is 3.45. The lowest BCUT2D eigenvalue weighted by Crippen LogP contribution is -1.99. The average molecular weight is 262 g/mol. The second kappa shape index (κ2) is 10.8. The van der Waals surface area contributed by atoms with Crippen molar-refractivity contribution in [2.24, 2.45) is 0 Å². The molecule has 0 saturated carbocycles. The molecule has 0 saturated heterocycles. The summed E-state index contributed by atoms with van der Waals surface area (Å²) >= 11 is 0. The highest BCUT2D eigenvalue weighted by Gasteiger charge is 1.89. The van der Waals surface area contributed by atoms with Crippen LogP contribution in [0.4, 0.5) is 0 Å². The number of aliphatic carboxylic acids is 1. The van der Waals surface area contributed by atoms with E-state index in [0.29, 0.717) is 6.61 Å². The molecule has 0 spiro atoms. The predicted molar refractivity (Wildman–Crippen MR) is 74.6 cm³/mol. The van der Waals surface area contributed by atoms with E-state index in [-0.39, 0.29) is 5.97 Å². The van der Waals surface area contributed by atoms with E-state index < -0.39 is 5.97 Å². The topological polar surface area (TPSA) is 63.6 Å². The van der Waals surface area contributed by atoms with Crippen LogP contribution in [0.2, 0.25) is 0 Å². The van der Waals surface area contributed by atoms with Crippen molar-refractivity contribution in [1.29, 1.82) is 0 Å². The van der Waals surface area contributed by atoms with Crippen molar-refractivity contribution in [2.75, 3.05) is 6.61 Å². The van der Waals surface area contributed by atoms with Gasteiger partial charge >= 0.3 is 11.9 Å². The van der Waals surface area contributed by atoms with E-state index in [0.717, 1.165) is 24.1 Å². The van der Waals surface area contributed by atoms with E-state index in [4.69, 9.17) is 5.11 Å². The summed E-state index contributed by atoms with van der Waals surface area (Å²) < 4.78 is 4.58. The molecule has 0 aromatic heterocycles. The van der Waals surface area contributed by atoms with Crippen LogP contribution in [0.5, 0.6) is 0 Å². The Balaban J connectivity index is 0.000000362. The van der Waals surface area contributed by atoms with E-state index in [9.17, 15) is 9.59 Å². The van der Waals surface area contributed by atoms with E-state index >= 15 is 0 Å². The third-order valence-corrected chi connectivity index (χ3v) is 1.83. The first-order chi connectivity index (χ1) is 9.10. The van der Waals surface area contributed by atoms with E-state index in [1.807, 2.05) is 37.3 Å². The quantitative estimate of drug-likeness (QED) is 0.654. The number of carbonyl (C=O) groups is 2. The van der Waals surface area contributed by atoms with Crippen LogP contribution in [0.25, 0.3) is 6.08 Å². The zero-order chi connectivity index (χ0) is 14.5. The van der Waals surface area contributed by atoms with Crippen LogP contribution in [0.3, 0.4) is 0 Å². The van der Waals surface area contributed by atoms with Crippen molar-refractivity contribution >= 4 is 18.0 Å². The molecule has 0 bridgehead atoms. The number of esters is 1. The van der Waals surface area contributed by atoms with Crippen molar-refractivity contribution in [3.05, 3.63) is 54.6 Å². The van der Waals surface area contributed by atoms with Gasteiger partial charge in [0.25, 0.3) is 0 Å². The summed E-state index contributed by atoms with van der Waals surface area (Å²) in [5.41, 5.74) is 0.898. The van der Waals surface area contributed by atoms with Gasteiger partial charge in [-0.2, -0.15) is 0 Å². The van der Waals surface area contributed by atoms with Gasteiger partial charge < -0.3 is 9.84 Å². The summed E-state index contributed by atoms with van der Waals surface area (Å²) in [6.07, 6.45) is 4.70. The molecule has 0 atom stereocenters. The fraction of sp³-hybridized carbons (Fsp3) is 0.200. The van der Waals surface area contributed by atoms with Crippen LogP contribution in [0, 0.1) is 0 Å². The minimum absolute atomic E-state index is 0.341. The van der Waals surface area contributed by atoms with Gasteiger partial charge in [-0.25, -0.2) is 9.59 Å². The monoisotopic (exact) mass is 262 g/mol. The molecule has 4 nitrogen and oxygen atoms in total. The molecule has 1 aromatic carbocycles. The van der Waals surface area contributed by atoms with Crippen molar-refractivity contribution in [3.63, 3.8) is 0 Å². The minimum atomic E-state index is -0.922. The molecule has 1 rings (SSSR count). The standard InChI is InChI=1S/C9H8O2.C6H10O2/c10-9(11)7-6-8-4-2-1-3-5-8;1-3-5-8-6(7)4-2/h1-7H,(H,10,11);4H,2-3,5H2,1H3. The van der Waals surface area contributed by atoms with Crippen LogP contribution in [0.1, 0.15) is 18.9 Å². The molecule has 19 heavy (non-hydrogen) atoms. The maximum atomic E-state index is 10.2. The summed E-state index contributed by atoms with van der Waals surface area (Å²) in [6.45, 7) is 5.67. The van der Waals surface area contributed by atoms with Crippen LogP contribution in [0.15, 0.2) is 49.1 Å². The second-order valence-corrected chi connectivity index (χ2v) is 3.45. The Morgan fingerprint density at radius 1 is 1.32 bits per heavy atom. The summed E-state index contributed by atoms with van der Waals surface area (Å²) in [5.74, 6) is -1.26. The number of ether oxygens (including phenoxy) is 1. The number of carboxylic acids is 1. The van der Waals surface area contributed by atoms with E-state index in [1.54, 1.807) is 6.08 Å². The van der Waals surface area contributed by atoms with E-state index in [1.165, 1.54) is 0 Å². The summed E-state index contributed by atoms with van der Waals surface area (Å²) in [7, 11) is 0. The molecule has 0 aliphatic carbocycles. The molecule has 4 heteroatoms. The third-order valence-electron chi connectivity index (χ3n) is 1.83. The Labute approximate surface area is 113 Å². The minimum Gasteiger partial charge on any atom is -0.478 e. The largest absolute Gasteiger partial charge is 0.478 e. The van der Waals surface area contributed by atoms with Crippen molar-refractivity contribution in [2.45, 2.75) is 13.3 Å². The van der Waals surface area contributed by atoms with E-state index in [2.05, 4.69) is 11.3 Å². The highest BCUT2D eigenvalue weighted by atomic mass is 16.5. The van der Waals surface area contributed by atoms with Gasteiger partial charge in [0.2, 0.25) is 0 Å². The Morgan fingerprint density at radius 2 is 1.95 bits per heavy atom. The first-order valence-corrected chi connectivity index (χ1v) is 5.85. The Morgan fingerprint density at radius 3 is 2.42 bits per heavy atom. The van der Waals surface area contributed by atoms with Crippen LogP contribution < -0.4 is 0 Å². The fourth-order valence-corrected chi connectivity index (χ4v) is 0.993. The lowest BCUT2D eigenvalue weighted by Gasteiger charge is -1.94. The number of rotatable bonds is 5. The summed E-state index contributed by atoms with van der Waals surface area (Å²) in [4.78, 5) is 20.3. The summed E-state index contributed by atoms with van der Waals surface area (Å²) in [5, 5.41) is 8.29. The van der Waals surface area contributed by atoms with Gasteiger partial charge in [-0.3, -0.25) is 0 Å². The molecule has 0 aliphatic rings. The molecule has 0 radical (unpaired) electrons. The predicted octanol–water partition coefficient (Wildman–Crippen LogP) is 2.91. The van der Waals surface area contributed by atoms with Gasteiger partial charge in [-0.05, 0) is 18.1 Å². The van der Waals surface area contributed by atoms with Crippen LogP contribution >= 0.6 is 0 Å². The van der Waals surface area contributed by atoms with Crippen LogP contribution in [-0.2, 0) is 14.3 Å². The molecule has 0 heterocycles. The van der Waals surface area contributed by atoms with Gasteiger partial charge in [0, 0.05) is 12.2 Å². The molecule has 0 fully saturated rings. The van der Waals surface area contributed by atoms with Crippen molar-refractivity contribution in [3.8, 4) is 0 Å². The Kier molecular flexibility index (Phi) is 9.43. The smallest absolute Gasteiger partial charge is 0.330 e. The van der Waals surface area contributed by atoms with Gasteiger partial charge in [-0.1, -0.05) is 43.8 Å². The molecular formula is C15H18O4. The van der Waals surface area contributed by atoms with Gasteiger partial charge in [0.05, 0.1) is 6.61 Å². The Hall–Kier alpha value is -2.36. The zero-order valence-electron chi connectivity index (χ0n) is 10.9.